The van der Waals surface area contributed by atoms with Crippen LogP contribution in [0.5, 0.6) is 0 Å². The lowest BCUT2D eigenvalue weighted by Gasteiger charge is -2.01. The van der Waals surface area contributed by atoms with E-state index in [1.54, 1.807) is 0 Å². The normalized spacial score (nSPS) is 11.6. The Morgan fingerprint density at radius 2 is 1.52 bits per heavy atom. The molecule has 0 aromatic carbocycles. The Kier molecular flexibility index (Phi) is 14.4. The summed E-state index contributed by atoms with van der Waals surface area (Å²) in [6.45, 7) is 7.66. The fraction of sp³-hybridized carbons (Fsp3) is 0.846. The summed E-state index contributed by atoms with van der Waals surface area (Å²) in [6, 6.07) is 0. The lowest BCUT2D eigenvalue weighted by molar-refractivity contribution is 0.309. The first kappa shape index (κ1) is 22.8. The molecule has 0 aromatic rings. The van der Waals surface area contributed by atoms with E-state index in [-0.39, 0.29) is 11.5 Å². The molecule has 0 aliphatic carbocycles. The van der Waals surface area contributed by atoms with Gasteiger partial charge in [0.15, 0.2) is 0 Å². The SMILES string of the molecule is C=CCS(=O)(=O)OCCCCC.CCCCCS(=O)(=O)O. The molecule has 0 aliphatic rings. The summed E-state index contributed by atoms with van der Waals surface area (Å²) in [5.74, 6) is -0.194. The Morgan fingerprint density at radius 3 is 1.95 bits per heavy atom. The van der Waals surface area contributed by atoms with Gasteiger partial charge in [-0.25, -0.2) is 0 Å². The molecule has 0 bridgehead atoms. The molecule has 128 valence electrons. The van der Waals surface area contributed by atoms with Gasteiger partial charge in [0.2, 0.25) is 0 Å². The molecule has 21 heavy (non-hydrogen) atoms. The molecule has 0 fully saturated rings. The lowest BCUT2D eigenvalue weighted by atomic mass is 10.3. The number of rotatable bonds is 11. The highest BCUT2D eigenvalue weighted by Crippen LogP contribution is 1.99. The Bertz CT molecular complexity index is 439. The number of unbranched alkanes of at least 4 members (excludes halogenated alkanes) is 4. The van der Waals surface area contributed by atoms with Crippen molar-refractivity contribution >= 4 is 20.2 Å². The molecule has 0 amide bonds. The van der Waals surface area contributed by atoms with E-state index >= 15 is 0 Å². The fourth-order valence-corrected chi connectivity index (χ4v) is 2.59. The third kappa shape index (κ3) is 22.0. The van der Waals surface area contributed by atoms with Crippen molar-refractivity contribution in [1.82, 2.24) is 0 Å². The van der Waals surface area contributed by atoms with E-state index < -0.39 is 20.2 Å². The molecule has 0 unspecified atom stereocenters. The fourth-order valence-electron chi connectivity index (χ4n) is 1.26. The van der Waals surface area contributed by atoms with Gasteiger partial charge in [-0.3, -0.25) is 8.74 Å². The standard InChI is InChI=1S/C8H16O3S.C5H12O3S/c1-3-5-6-7-11-12(9,10)8-4-2;1-2-3-4-5-9(6,7)8/h4H,2-3,5-8H2,1H3;2-5H2,1H3,(H,6,7,8). The first-order chi connectivity index (χ1) is 9.68. The molecule has 0 radical (unpaired) electrons. The predicted octanol–water partition coefficient (Wildman–Crippen LogP) is 2.77. The molecular formula is C13H28O6S2. The van der Waals surface area contributed by atoms with Crippen LogP contribution < -0.4 is 0 Å². The molecule has 0 spiro atoms. The van der Waals surface area contributed by atoms with Gasteiger partial charge in [-0.15, -0.1) is 6.58 Å². The van der Waals surface area contributed by atoms with E-state index in [4.69, 9.17) is 4.55 Å². The minimum Gasteiger partial charge on any atom is -0.286 e. The number of hydrogen-bond donors (Lipinski definition) is 1. The van der Waals surface area contributed by atoms with Crippen LogP contribution in [0.2, 0.25) is 0 Å². The summed E-state index contributed by atoms with van der Waals surface area (Å²) < 4.78 is 54.8. The highest BCUT2D eigenvalue weighted by molar-refractivity contribution is 7.86. The van der Waals surface area contributed by atoms with E-state index in [0.29, 0.717) is 13.0 Å². The first-order valence-electron chi connectivity index (χ1n) is 7.11. The van der Waals surface area contributed by atoms with Crippen molar-refractivity contribution in [2.75, 3.05) is 18.1 Å². The highest BCUT2D eigenvalue weighted by atomic mass is 32.2. The topological polar surface area (TPSA) is 97.7 Å². The molecule has 0 saturated carbocycles. The maximum Gasteiger partial charge on any atom is 0.270 e. The van der Waals surface area contributed by atoms with Gasteiger partial charge < -0.3 is 0 Å². The highest BCUT2D eigenvalue weighted by Gasteiger charge is 2.06. The lowest BCUT2D eigenvalue weighted by Crippen LogP contribution is -2.09. The minimum atomic E-state index is -3.70. The quantitative estimate of drug-likeness (QED) is 0.268. The van der Waals surface area contributed by atoms with Crippen molar-refractivity contribution in [2.45, 2.75) is 52.4 Å². The third-order valence-corrected chi connectivity index (χ3v) is 4.31. The van der Waals surface area contributed by atoms with Crippen molar-refractivity contribution in [1.29, 1.82) is 0 Å². The van der Waals surface area contributed by atoms with Crippen molar-refractivity contribution in [3.8, 4) is 0 Å². The molecule has 6 nitrogen and oxygen atoms in total. The molecule has 0 heterocycles. The van der Waals surface area contributed by atoms with E-state index in [1.807, 2.05) is 6.92 Å². The van der Waals surface area contributed by atoms with Crippen LogP contribution in [0.1, 0.15) is 52.4 Å². The second-order valence-corrected chi connectivity index (χ2v) is 7.79. The average Bonchev–Trinajstić information content (AvgIpc) is 2.34. The Labute approximate surface area is 129 Å². The van der Waals surface area contributed by atoms with Gasteiger partial charge in [0.25, 0.3) is 20.2 Å². The van der Waals surface area contributed by atoms with E-state index in [9.17, 15) is 16.8 Å². The average molecular weight is 344 g/mol. The second-order valence-electron chi connectivity index (χ2n) is 4.54. The summed E-state index contributed by atoms with van der Waals surface area (Å²) in [5.41, 5.74) is 0. The summed E-state index contributed by atoms with van der Waals surface area (Å²) in [5, 5.41) is 0. The third-order valence-electron chi connectivity index (χ3n) is 2.34. The maximum atomic E-state index is 10.9. The maximum absolute atomic E-state index is 10.9. The van der Waals surface area contributed by atoms with Crippen molar-refractivity contribution in [3.05, 3.63) is 12.7 Å². The molecule has 0 aromatic heterocycles. The zero-order valence-corrected chi connectivity index (χ0v) is 14.6. The van der Waals surface area contributed by atoms with Crippen LogP contribution in [-0.2, 0) is 24.4 Å². The smallest absolute Gasteiger partial charge is 0.270 e. The summed E-state index contributed by atoms with van der Waals surface area (Å²) >= 11 is 0. The van der Waals surface area contributed by atoms with Gasteiger partial charge in [-0.2, -0.15) is 16.8 Å². The van der Waals surface area contributed by atoms with Gasteiger partial charge in [-0.05, 0) is 12.8 Å². The number of hydrogen-bond acceptors (Lipinski definition) is 5. The predicted molar refractivity (Wildman–Crippen MR) is 85.4 cm³/mol. The molecule has 0 atom stereocenters. The summed E-state index contributed by atoms with van der Waals surface area (Å²) in [7, 11) is -7.03. The van der Waals surface area contributed by atoms with Crippen LogP contribution in [0.3, 0.4) is 0 Å². The van der Waals surface area contributed by atoms with Gasteiger partial charge in [0.05, 0.1) is 18.1 Å². The van der Waals surface area contributed by atoms with Gasteiger partial charge in [0, 0.05) is 0 Å². The zero-order valence-electron chi connectivity index (χ0n) is 13.0. The molecule has 0 aliphatic heterocycles. The second kappa shape index (κ2) is 13.2. The molecule has 8 heteroatoms. The van der Waals surface area contributed by atoms with Crippen LogP contribution in [0.4, 0.5) is 0 Å². The van der Waals surface area contributed by atoms with Crippen LogP contribution in [0.15, 0.2) is 12.7 Å². The molecule has 1 N–H and O–H groups in total. The van der Waals surface area contributed by atoms with E-state index in [2.05, 4.69) is 17.7 Å². The van der Waals surface area contributed by atoms with Crippen LogP contribution >= 0.6 is 0 Å². The Balaban J connectivity index is 0. The van der Waals surface area contributed by atoms with Gasteiger partial charge in [0.1, 0.15) is 0 Å². The van der Waals surface area contributed by atoms with Crippen LogP contribution in [-0.4, -0.2) is 39.5 Å². The Morgan fingerprint density at radius 1 is 1.00 bits per heavy atom. The van der Waals surface area contributed by atoms with Crippen LogP contribution in [0, 0.1) is 0 Å². The molecule has 0 rings (SSSR count). The Hall–Kier alpha value is -0.440. The largest absolute Gasteiger partial charge is 0.286 e. The van der Waals surface area contributed by atoms with Crippen molar-refractivity contribution in [3.63, 3.8) is 0 Å². The monoisotopic (exact) mass is 344 g/mol. The van der Waals surface area contributed by atoms with E-state index in [1.165, 1.54) is 6.08 Å². The minimum absolute atomic E-state index is 0.0964. The first-order valence-corrected chi connectivity index (χ1v) is 10.3. The van der Waals surface area contributed by atoms with Gasteiger partial charge >= 0.3 is 0 Å². The van der Waals surface area contributed by atoms with Crippen LogP contribution in [0.25, 0.3) is 0 Å². The molecule has 0 saturated heterocycles. The van der Waals surface area contributed by atoms with Crippen molar-refractivity contribution < 1.29 is 25.6 Å². The summed E-state index contributed by atoms with van der Waals surface area (Å²) in [4.78, 5) is 0. The zero-order chi connectivity index (χ0) is 16.8. The molecular weight excluding hydrogens is 316 g/mol. The summed E-state index contributed by atoms with van der Waals surface area (Å²) in [6.07, 6.45) is 6.58. The van der Waals surface area contributed by atoms with Gasteiger partial charge in [-0.1, -0.05) is 45.6 Å². The van der Waals surface area contributed by atoms with E-state index in [0.717, 1.165) is 32.1 Å². The van der Waals surface area contributed by atoms with Crippen molar-refractivity contribution in [2.24, 2.45) is 0 Å².